The lowest BCUT2D eigenvalue weighted by molar-refractivity contribution is -0.136. The standard InChI is InChI=1S/C16H19F2NO/c1-9(10-3-4-14(17)15(18)8-10)19(2)16(20)13-6-11-5-12(11)7-13/h3-4,8-9,11-13H,5-7H2,1-2H3. The van der Waals surface area contributed by atoms with E-state index >= 15 is 0 Å². The first-order valence-corrected chi connectivity index (χ1v) is 7.19. The van der Waals surface area contributed by atoms with Crippen molar-refractivity contribution in [3.8, 4) is 0 Å². The van der Waals surface area contributed by atoms with Crippen LogP contribution in [0.4, 0.5) is 8.78 Å². The first-order valence-electron chi connectivity index (χ1n) is 7.19. The summed E-state index contributed by atoms with van der Waals surface area (Å²) in [5, 5.41) is 0. The summed E-state index contributed by atoms with van der Waals surface area (Å²) in [6, 6.07) is 3.59. The van der Waals surface area contributed by atoms with E-state index in [0.29, 0.717) is 5.56 Å². The maximum absolute atomic E-state index is 13.3. The highest BCUT2D eigenvalue weighted by atomic mass is 19.2. The molecular formula is C16H19F2NO. The average Bonchev–Trinajstić information content (AvgIpc) is 3.05. The third-order valence-corrected chi connectivity index (χ3v) is 4.95. The molecule has 3 atom stereocenters. The number of fused-ring (bicyclic) bond motifs is 1. The van der Waals surface area contributed by atoms with Crippen molar-refractivity contribution in [2.24, 2.45) is 17.8 Å². The Kier molecular flexibility index (Phi) is 3.27. The second kappa shape index (κ2) is 4.83. The smallest absolute Gasteiger partial charge is 0.225 e. The molecule has 108 valence electrons. The molecule has 0 N–H and O–H groups in total. The van der Waals surface area contributed by atoms with Crippen LogP contribution in [0, 0.1) is 29.4 Å². The van der Waals surface area contributed by atoms with Crippen molar-refractivity contribution >= 4 is 5.91 Å². The van der Waals surface area contributed by atoms with E-state index in [9.17, 15) is 13.6 Å². The number of carbonyl (C=O) groups excluding carboxylic acids is 1. The van der Waals surface area contributed by atoms with Gasteiger partial charge in [0.15, 0.2) is 11.6 Å². The number of hydrogen-bond acceptors (Lipinski definition) is 1. The largest absolute Gasteiger partial charge is 0.339 e. The van der Waals surface area contributed by atoms with Gasteiger partial charge in [-0.15, -0.1) is 0 Å². The minimum atomic E-state index is -0.864. The van der Waals surface area contributed by atoms with Crippen molar-refractivity contribution in [2.75, 3.05) is 7.05 Å². The molecule has 0 radical (unpaired) electrons. The van der Waals surface area contributed by atoms with Gasteiger partial charge in [0, 0.05) is 13.0 Å². The molecule has 2 fully saturated rings. The van der Waals surface area contributed by atoms with E-state index in [-0.39, 0.29) is 17.9 Å². The third-order valence-electron chi connectivity index (χ3n) is 4.95. The van der Waals surface area contributed by atoms with E-state index < -0.39 is 11.6 Å². The molecule has 2 nitrogen and oxygen atoms in total. The van der Waals surface area contributed by atoms with Gasteiger partial charge < -0.3 is 4.90 Å². The maximum atomic E-state index is 13.3. The minimum Gasteiger partial charge on any atom is -0.339 e. The van der Waals surface area contributed by atoms with Crippen LogP contribution in [0.5, 0.6) is 0 Å². The number of benzene rings is 1. The summed E-state index contributed by atoms with van der Waals surface area (Å²) in [4.78, 5) is 14.1. The Hall–Kier alpha value is -1.45. The topological polar surface area (TPSA) is 20.3 Å². The van der Waals surface area contributed by atoms with Gasteiger partial charge in [0.25, 0.3) is 0 Å². The molecule has 1 amide bonds. The van der Waals surface area contributed by atoms with Crippen LogP contribution in [0.15, 0.2) is 18.2 Å². The number of rotatable bonds is 3. The summed E-state index contributed by atoms with van der Waals surface area (Å²) in [5.41, 5.74) is 0.628. The second-order valence-corrected chi connectivity index (χ2v) is 6.22. The van der Waals surface area contributed by atoms with Crippen molar-refractivity contribution in [1.82, 2.24) is 4.90 Å². The normalized spacial score (nSPS) is 28.9. The molecule has 0 spiro atoms. The summed E-state index contributed by atoms with van der Waals surface area (Å²) in [6.45, 7) is 1.85. The van der Waals surface area contributed by atoms with Crippen LogP contribution in [0.3, 0.4) is 0 Å². The highest BCUT2D eigenvalue weighted by Gasteiger charge is 2.48. The Morgan fingerprint density at radius 1 is 1.20 bits per heavy atom. The van der Waals surface area contributed by atoms with Crippen molar-refractivity contribution in [1.29, 1.82) is 0 Å². The zero-order valence-electron chi connectivity index (χ0n) is 11.8. The summed E-state index contributed by atoms with van der Waals surface area (Å²) < 4.78 is 26.2. The first kappa shape index (κ1) is 13.5. The SMILES string of the molecule is CC(c1ccc(F)c(F)c1)N(C)C(=O)C1CC2CC2C1. The molecule has 0 saturated heterocycles. The van der Waals surface area contributed by atoms with Crippen molar-refractivity contribution in [3.05, 3.63) is 35.4 Å². The molecule has 3 unspecified atom stereocenters. The molecule has 0 aromatic heterocycles. The monoisotopic (exact) mass is 279 g/mol. The molecule has 2 saturated carbocycles. The van der Waals surface area contributed by atoms with Crippen LogP contribution >= 0.6 is 0 Å². The maximum Gasteiger partial charge on any atom is 0.225 e. The van der Waals surface area contributed by atoms with Gasteiger partial charge in [-0.05, 0) is 55.7 Å². The second-order valence-electron chi connectivity index (χ2n) is 6.22. The lowest BCUT2D eigenvalue weighted by atomic mass is 9.99. The predicted molar refractivity (Wildman–Crippen MR) is 71.9 cm³/mol. The number of amides is 1. The minimum absolute atomic E-state index is 0.122. The van der Waals surface area contributed by atoms with Gasteiger partial charge in [0.1, 0.15) is 0 Å². The molecular weight excluding hydrogens is 260 g/mol. The zero-order valence-corrected chi connectivity index (χ0v) is 11.8. The summed E-state index contributed by atoms with van der Waals surface area (Å²) in [6.07, 6.45) is 3.28. The van der Waals surface area contributed by atoms with E-state index in [1.807, 2.05) is 6.92 Å². The Morgan fingerprint density at radius 2 is 1.85 bits per heavy atom. The molecule has 4 heteroatoms. The lowest BCUT2D eigenvalue weighted by Gasteiger charge is -2.28. The quantitative estimate of drug-likeness (QED) is 0.829. The van der Waals surface area contributed by atoms with Crippen LogP contribution in [0.25, 0.3) is 0 Å². The van der Waals surface area contributed by atoms with Crippen LogP contribution in [-0.4, -0.2) is 17.9 Å². The molecule has 0 bridgehead atoms. The van der Waals surface area contributed by atoms with E-state index in [4.69, 9.17) is 0 Å². The summed E-state index contributed by atoms with van der Waals surface area (Å²) in [5.74, 6) is 0.0564. The first-order chi connectivity index (χ1) is 9.47. The molecule has 20 heavy (non-hydrogen) atoms. The van der Waals surface area contributed by atoms with Crippen molar-refractivity contribution in [3.63, 3.8) is 0 Å². The zero-order chi connectivity index (χ0) is 14.4. The molecule has 1 aromatic rings. The Labute approximate surface area is 117 Å². The molecule has 2 aliphatic carbocycles. The Morgan fingerprint density at radius 3 is 2.45 bits per heavy atom. The number of hydrogen-bond donors (Lipinski definition) is 0. The average molecular weight is 279 g/mol. The molecule has 2 aliphatic rings. The molecule has 3 rings (SSSR count). The molecule has 0 heterocycles. The molecule has 0 aliphatic heterocycles. The van der Waals surface area contributed by atoms with Gasteiger partial charge in [-0.1, -0.05) is 6.07 Å². The van der Waals surface area contributed by atoms with Gasteiger partial charge in [-0.3, -0.25) is 4.79 Å². The fourth-order valence-corrected chi connectivity index (χ4v) is 3.39. The summed E-state index contributed by atoms with van der Waals surface area (Å²) >= 11 is 0. The molecule has 1 aromatic carbocycles. The van der Waals surface area contributed by atoms with Crippen LogP contribution in [-0.2, 0) is 4.79 Å². The van der Waals surface area contributed by atoms with Gasteiger partial charge in [0.2, 0.25) is 5.91 Å². The highest BCUT2D eigenvalue weighted by Crippen LogP contribution is 2.54. The van der Waals surface area contributed by atoms with Gasteiger partial charge in [0.05, 0.1) is 6.04 Å². The summed E-state index contributed by atoms with van der Waals surface area (Å²) in [7, 11) is 1.75. The fourth-order valence-electron chi connectivity index (χ4n) is 3.39. The van der Waals surface area contributed by atoms with E-state index in [1.165, 1.54) is 12.5 Å². The third kappa shape index (κ3) is 2.32. The van der Waals surface area contributed by atoms with Crippen LogP contribution in [0.1, 0.15) is 37.8 Å². The van der Waals surface area contributed by atoms with E-state index in [1.54, 1.807) is 18.0 Å². The fraction of sp³-hybridized carbons (Fsp3) is 0.562. The van der Waals surface area contributed by atoms with Gasteiger partial charge in [-0.2, -0.15) is 0 Å². The van der Waals surface area contributed by atoms with Gasteiger partial charge in [-0.25, -0.2) is 8.78 Å². The Balaban J connectivity index is 1.70. The van der Waals surface area contributed by atoms with Gasteiger partial charge >= 0.3 is 0 Å². The van der Waals surface area contributed by atoms with E-state index in [2.05, 4.69) is 0 Å². The van der Waals surface area contributed by atoms with E-state index in [0.717, 1.165) is 30.7 Å². The Bertz CT molecular complexity index is 535. The van der Waals surface area contributed by atoms with Crippen LogP contribution in [0.2, 0.25) is 0 Å². The van der Waals surface area contributed by atoms with Crippen molar-refractivity contribution in [2.45, 2.75) is 32.2 Å². The predicted octanol–water partition coefficient (Wildman–Crippen LogP) is 3.53. The number of carbonyl (C=O) groups is 1. The number of halogens is 2. The highest BCUT2D eigenvalue weighted by molar-refractivity contribution is 5.79. The van der Waals surface area contributed by atoms with Crippen LogP contribution < -0.4 is 0 Å². The van der Waals surface area contributed by atoms with Crippen molar-refractivity contribution < 1.29 is 13.6 Å². The lowest BCUT2D eigenvalue weighted by Crippen LogP contribution is -2.34. The number of nitrogens with zero attached hydrogens (tertiary/aromatic N) is 1.